The molecule has 0 N–H and O–H groups in total. The van der Waals surface area contributed by atoms with Gasteiger partial charge in [-0.1, -0.05) is 88.7 Å². The molecule has 1 spiro atoms. The van der Waals surface area contributed by atoms with Gasteiger partial charge in [-0.25, -0.2) is 0 Å². The molecule has 0 fully saturated rings. The molecule has 3 aromatic rings. The first-order valence-electron chi connectivity index (χ1n) is 9.69. The van der Waals surface area contributed by atoms with Gasteiger partial charge in [-0.05, 0) is 46.7 Å². The molecule has 0 radical (unpaired) electrons. The molecule has 0 saturated heterocycles. The van der Waals surface area contributed by atoms with Crippen molar-refractivity contribution < 1.29 is 4.79 Å². The number of Topliss-reactive ketones (excluding diaryl/α,β-unsaturated/α-hetero) is 1. The second kappa shape index (κ2) is 5.65. The van der Waals surface area contributed by atoms with E-state index in [2.05, 4.69) is 82.7 Å². The van der Waals surface area contributed by atoms with Gasteiger partial charge in [-0.2, -0.15) is 0 Å². The average Bonchev–Trinajstić information content (AvgIpc) is 3.05. The van der Waals surface area contributed by atoms with Crippen molar-refractivity contribution in [3.63, 3.8) is 0 Å². The number of rotatable bonds is 0. The second-order valence-electron chi connectivity index (χ2n) is 7.65. The minimum Gasteiger partial charge on any atom is -0.289 e. The van der Waals surface area contributed by atoms with Gasteiger partial charge in [0.05, 0.1) is 5.41 Å². The molecule has 134 valence electrons. The van der Waals surface area contributed by atoms with Gasteiger partial charge < -0.3 is 0 Å². The highest BCUT2D eigenvalue weighted by atomic mass is 79.9. The number of allylic oxidation sites excluding steroid dienone is 4. The van der Waals surface area contributed by atoms with E-state index in [0.29, 0.717) is 0 Å². The summed E-state index contributed by atoms with van der Waals surface area (Å²) in [6.45, 7) is 0. The number of fused-ring (bicyclic) bond motifs is 9. The summed E-state index contributed by atoms with van der Waals surface area (Å²) in [5.41, 5.74) is 8.59. The van der Waals surface area contributed by atoms with E-state index in [1.54, 1.807) is 0 Å². The maximum absolute atomic E-state index is 13.4. The summed E-state index contributed by atoms with van der Waals surface area (Å²) < 4.78 is 1.10. The van der Waals surface area contributed by atoms with E-state index < -0.39 is 5.41 Å². The summed E-state index contributed by atoms with van der Waals surface area (Å²) in [5, 5.41) is 0. The fraction of sp³-hybridized carbons (Fsp3) is 0.115. The van der Waals surface area contributed by atoms with Crippen molar-refractivity contribution in [3.05, 3.63) is 117 Å². The Hall–Kier alpha value is -2.71. The zero-order chi connectivity index (χ0) is 18.9. The molecule has 0 aliphatic heterocycles. The fourth-order valence-corrected chi connectivity index (χ4v) is 5.99. The fourth-order valence-electron chi connectivity index (χ4n) is 5.41. The molecule has 0 saturated carbocycles. The Morgan fingerprint density at radius 2 is 1.36 bits per heavy atom. The van der Waals surface area contributed by atoms with Crippen LogP contribution in [0, 0.1) is 0 Å². The Morgan fingerprint density at radius 1 is 0.714 bits per heavy atom. The van der Waals surface area contributed by atoms with Crippen LogP contribution in [0.5, 0.6) is 0 Å². The predicted molar refractivity (Wildman–Crippen MR) is 116 cm³/mol. The summed E-state index contributed by atoms with van der Waals surface area (Å²) in [5.74, 6) is 0.160. The van der Waals surface area contributed by atoms with E-state index in [9.17, 15) is 4.79 Å². The monoisotopic (exact) mass is 424 g/mol. The molecule has 0 heterocycles. The van der Waals surface area contributed by atoms with Crippen LogP contribution in [0.1, 0.15) is 39.9 Å². The molecule has 1 nitrogen and oxygen atoms in total. The van der Waals surface area contributed by atoms with Crippen molar-refractivity contribution in [2.45, 2.75) is 18.3 Å². The molecular weight excluding hydrogens is 408 g/mol. The van der Waals surface area contributed by atoms with Crippen molar-refractivity contribution in [2.24, 2.45) is 0 Å². The number of halogens is 1. The SMILES string of the molecule is O=C1C2=CCCC=C2C2(c3ccccc31)c1ccccc1-c1c(Br)cccc12. The molecule has 1 atom stereocenters. The Balaban J connectivity index is 1.87. The van der Waals surface area contributed by atoms with Crippen LogP contribution in [-0.4, -0.2) is 5.78 Å². The zero-order valence-corrected chi connectivity index (χ0v) is 16.8. The summed E-state index contributed by atoms with van der Waals surface area (Å²) in [6.07, 6.45) is 6.35. The van der Waals surface area contributed by atoms with E-state index in [0.717, 1.165) is 39.6 Å². The van der Waals surface area contributed by atoms with Crippen LogP contribution in [0.15, 0.2) is 94.5 Å². The maximum Gasteiger partial charge on any atom is 0.193 e. The lowest BCUT2D eigenvalue weighted by Crippen LogP contribution is -2.38. The summed E-state index contributed by atoms with van der Waals surface area (Å²) in [6, 6.07) is 23.3. The number of carbonyl (C=O) groups excluding carboxylic acids is 1. The van der Waals surface area contributed by atoms with Crippen LogP contribution in [0.2, 0.25) is 0 Å². The highest BCUT2D eigenvalue weighted by molar-refractivity contribution is 9.10. The predicted octanol–water partition coefficient (Wildman–Crippen LogP) is 6.61. The average molecular weight is 425 g/mol. The molecule has 3 aliphatic rings. The van der Waals surface area contributed by atoms with Gasteiger partial charge in [0.25, 0.3) is 0 Å². The standard InChI is InChI=1S/C26H17BrO/c27-23-15-7-14-22-24(23)16-8-1-4-11-19(16)26(22)20-12-5-2-9-17(20)25(28)18-10-3-6-13-21(18)26/h1-2,4-5,7-15H,3,6H2. The van der Waals surface area contributed by atoms with Gasteiger partial charge in [0.2, 0.25) is 0 Å². The molecule has 0 bridgehead atoms. The van der Waals surface area contributed by atoms with Crippen LogP contribution >= 0.6 is 15.9 Å². The van der Waals surface area contributed by atoms with Crippen molar-refractivity contribution in [3.8, 4) is 11.1 Å². The van der Waals surface area contributed by atoms with Gasteiger partial charge in [-0.3, -0.25) is 4.79 Å². The van der Waals surface area contributed by atoms with Gasteiger partial charge >= 0.3 is 0 Å². The second-order valence-corrected chi connectivity index (χ2v) is 8.50. The first-order valence-corrected chi connectivity index (χ1v) is 10.5. The largest absolute Gasteiger partial charge is 0.289 e. The Bertz CT molecular complexity index is 1250. The molecule has 3 aliphatic carbocycles. The van der Waals surface area contributed by atoms with E-state index in [1.165, 1.54) is 22.3 Å². The van der Waals surface area contributed by atoms with Gasteiger partial charge in [0.1, 0.15) is 0 Å². The maximum atomic E-state index is 13.4. The number of hydrogen-bond donors (Lipinski definition) is 0. The summed E-state index contributed by atoms with van der Waals surface area (Å²) in [4.78, 5) is 13.4. The lowest BCUT2D eigenvalue weighted by atomic mass is 9.59. The lowest BCUT2D eigenvalue weighted by molar-refractivity contribution is 0.102. The van der Waals surface area contributed by atoms with Crippen molar-refractivity contribution >= 4 is 21.7 Å². The first-order chi connectivity index (χ1) is 13.7. The van der Waals surface area contributed by atoms with Crippen LogP contribution in [0.3, 0.4) is 0 Å². The summed E-state index contributed by atoms with van der Waals surface area (Å²) >= 11 is 3.81. The van der Waals surface area contributed by atoms with Crippen LogP contribution in [-0.2, 0) is 5.41 Å². The Labute approximate surface area is 172 Å². The third-order valence-corrected chi connectivity index (χ3v) is 7.06. The molecule has 0 amide bonds. The third kappa shape index (κ3) is 1.80. The zero-order valence-electron chi connectivity index (χ0n) is 15.2. The Kier molecular flexibility index (Phi) is 3.28. The number of hydrogen-bond acceptors (Lipinski definition) is 1. The van der Waals surface area contributed by atoms with E-state index in [-0.39, 0.29) is 5.78 Å². The van der Waals surface area contributed by atoms with Crippen molar-refractivity contribution in [1.82, 2.24) is 0 Å². The number of ketones is 1. The highest BCUT2D eigenvalue weighted by Gasteiger charge is 2.53. The van der Waals surface area contributed by atoms with E-state index in [4.69, 9.17) is 0 Å². The molecule has 28 heavy (non-hydrogen) atoms. The van der Waals surface area contributed by atoms with Gasteiger partial charge in [0, 0.05) is 21.2 Å². The van der Waals surface area contributed by atoms with Crippen molar-refractivity contribution in [1.29, 1.82) is 0 Å². The lowest BCUT2D eigenvalue weighted by Gasteiger charge is -2.42. The van der Waals surface area contributed by atoms with Gasteiger partial charge in [0.15, 0.2) is 5.78 Å². The molecule has 6 rings (SSSR count). The summed E-state index contributed by atoms with van der Waals surface area (Å²) in [7, 11) is 0. The number of benzene rings is 3. The smallest absolute Gasteiger partial charge is 0.193 e. The van der Waals surface area contributed by atoms with Crippen LogP contribution in [0.25, 0.3) is 11.1 Å². The van der Waals surface area contributed by atoms with Crippen LogP contribution < -0.4 is 0 Å². The third-order valence-electron chi connectivity index (χ3n) is 6.40. The molecule has 2 heteroatoms. The molecule has 1 unspecified atom stereocenters. The van der Waals surface area contributed by atoms with Gasteiger partial charge in [-0.15, -0.1) is 0 Å². The van der Waals surface area contributed by atoms with Crippen LogP contribution in [0.4, 0.5) is 0 Å². The normalized spacial score (nSPS) is 21.4. The topological polar surface area (TPSA) is 17.1 Å². The highest BCUT2D eigenvalue weighted by Crippen LogP contribution is 2.62. The molecule has 0 aromatic heterocycles. The quantitative estimate of drug-likeness (QED) is 0.396. The molecular formula is C26H17BrO. The Morgan fingerprint density at radius 3 is 2.18 bits per heavy atom. The first kappa shape index (κ1) is 16.3. The number of carbonyl (C=O) groups is 1. The van der Waals surface area contributed by atoms with Crippen molar-refractivity contribution in [2.75, 3.05) is 0 Å². The molecule has 3 aromatic carbocycles. The van der Waals surface area contributed by atoms with E-state index in [1.807, 2.05) is 12.1 Å². The minimum atomic E-state index is -0.424. The van der Waals surface area contributed by atoms with E-state index >= 15 is 0 Å². The minimum absolute atomic E-state index is 0.160.